The van der Waals surface area contributed by atoms with Crippen LogP contribution in [0.25, 0.3) is 0 Å². The Labute approximate surface area is 141 Å². The van der Waals surface area contributed by atoms with Crippen LogP contribution < -0.4 is 4.74 Å². The molecule has 1 atom stereocenters. The van der Waals surface area contributed by atoms with Crippen LogP contribution in [0.5, 0.6) is 5.75 Å². The molecule has 0 fully saturated rings. The molecule has 0 radical (unpaired) electrons. The molecular formula is C19H19NO4. The van der Waals surface area contributed by atoms with Crippen LogP contribution >= 0.6 is 0 Å². The molecule has 124 valence electrons. The van der Waals surface area contributed by atoms with E-state index in [0.29, 0.717) is 21.9 Å². The first kappa shape index (κ1) is 17.5. The zero-order chi connectivity index (χ0) is 17.5. The molecule has 0 bridgehead atoms. The minimum Gasteiger partial charge on any atom is -0.495 e. The molecular weight excluding hydrogens is 306 g/mol. The fourth-order valence-corrected chi connectivity index (χ4v) is 2.07. The van der Waals surface area contributed by atoms with Crippen LogP contribution in [0.3, 0.4) is 0 Å². The number of amides is 1. The van der Waals surface area contributed by atoms with Crippen molar-refractivity contribution in [2.45, 2.75) is 19.6 Å². The summed E-state index contributed by atoms with van der Waals surface area (Å²) in [4.78, 5) is 11.0. The number of aliphatic hydroxyl groups is 1. The van der Waals surface area contributed by atoms with E-state index < -0.39 is 12.0 Å². The summed E-state index contributed by atoms with van der Waals surface area (Å²) in [6.45, 7) is 1.38. The van der Waals surface area contributed by atoms with Crippen molar-refractivity contribution < 1.29 is 19.8 Å². The first-order valence-corrected chi connectivity index (χ1v) is 7.39. The third kappa shape index (κ3) is 4.59. The lowest BCUT2D eigenvalue weighted by molar-refractivity contribution is -0.165. The van der Waals surface area contributed by atoms with Gasteiger partial charge in [-0.2, -0.15) is 0 Å². The maximum absolute atomic E-state index is 11.0. The molecule has 0 aliphatic heterocycles. The monoisotopic (exact) mass is 325 g/mol. The molecule has 2 aromatic rings. The summed E-state index contributed by atoms with van der Waals surface area (Å²) in [5.41, 5.74) is 2.09. The Balaban J connectivity index is 2.09. The Kier molecular flexibility index (Phi) is 5.96. The molecule has 24 heavy (non-hydrogen) atoms. The summed E-state index contributed by atoms with van der Waals surface area (Å²) >= 11 is 0. The number of hydroxylamine groups is 2. The van der Waals surface area contributed by atoms with Gasteiger partial charge in [0.25, 0.3) is 0 Å². The second-order valence-corrected chi connectivity index (χ2v) is 5.19. The first-order valence-electron chi connectivity index (χ1n) is 7.39. The zero-order valence-electron chi connectivity index (χ0n) is 13.6. The lowest BCUT2D eigenvalue weighted by atomic mass is 10.1. The second-order valence-electron chi connectivity index (χ2n) is 5.19. The third-order valence-electron chi connectivity index (χ3n) is 3.44. The summed E-state index contributed by atoms with van der Waals surface area (Å²) < 4.78 is 5.22. The largest absolute Gasteiger partial charge is 0.495 e. The number of carbonyl (C=O) groups excluding carboxylic acids is 1. The lowest BCUT2D eigenvalue weighted by Crippen LogP contribution is -2.23. The summed E-state index contributed by atoms with van der Waals surface area (Å²) in [7, 11) is 1.57. The van der Waals surface area contributed by atoms with E-state index in [1.54, 1.807) is 37.4 Å². The van der Waals surface area contributed by atoms with Gasteiger partial charge in [0.15, 0.2) is 0 Å². The molecule has 0 aromatic heterocycles. The molecule has 2 rings (SSSR count). The number of aliphatic hydroxyl groups excluding tert-OH is 1. The smallest absolute Gasteiger partial charge is 0.243 e. The van der Waals surface area contributed by atoms with Crippen LogP contribution in [-0.2, 0) is 11.3 Å². The van der Waals surface area contributed by atoms with Gasteiger partial charge in [-0.25, -0.2) is 5.06 Å². The van der Waals surface area contributed by atoms with Crippen LogP contribution in [0.1, 0.15) is 29.7 Å². The Morgan fingerprint density at radius 1 is 1.21 bits per heavy atom. The van der Waals surface area contributed by atoms with Crippen LogP contribution in [0, 0.1) is 11.8 Å². The molecule has 0 spiro atoms. The van der Waals surface area contributed by atoms with Crippen molar-refractivity contribution in [2.24, 2.45) is 0 Å². The quantitative estimate of drug-likeness (QED) is 0.515. The van der Waals surface area contributed by atoms with Crippen molar-refractivity contribution in [3.8, 4) is 17.6 Å². The molecule has 1 unspecified atom stereocenters. The van der Waals surface area contributed by atoms with Crippen LogP contribution in [0.4, 0.5) is 0 Å². The number of benzene rings is 2. The fourth-order valence-electron chi connectivity index (χ4n) is 2.07. The number of nitrogens with zero attached hydrogens (tertiary/aromatic N) is 1. The van der Waals surface area contributed by atoms with Gasteiger partial charge in [-0.05, 0) is 23.3 Å². The maximum Gasteiger partial charge on any atom is 0.243 e. The van der Waals surface area contributed by atoms with Gasteiger partial charge in [-0.3, -0.25) is 10.0 Å². The summed E-state index contributed by atoms with van der Waals surface area (Å²) in [6.07, 6.45) is -0.943. The van der Waals surface area contributed by atoms with E-state index >= 15 is 0 Å². The molecule has 2 N–H and O–H groups in total. The second kappa shape index (κ2) is 8.16. The molecule has 5 heteroatoms. The van der Waals surface area contributed by atoms with Crippen LogP contribution in [0.2, 0.25) is 0 Å². The van der Waals surface area contributed by atoms with Crippen LogP contribution in [0.15, 0.2) is 48.5 Å². The van der Waals surface area contributed by atoms with E-state index in [1.165, 1.54) is 6.92 Å². The normalized spacial score (nSPS) is 11.2. The summed E-state index contributed by atoms with van der Waals surface area (Å²) in [6, 6.07) is 14.2. The number of ether oxygens (including phenoxy) is 1. The Morgan fingerprint density at radius 2 is 1.88 bits per heavy atom. The maximum atomic E-state index is 11.0. The highest BCUT2D eigenvalue weighted by Crippen LogP contribution is 2.18. The van der Waals surface area contributed by atoms with Crippen molar-refractivity contribution in [3.63, 3.8) is 0 Å². The van der Waals surface area contributed by atoms with Gasteiger partial charge in [-0.15, -0.1) is 0 Å². The van der Waals surface area contributed by atoms with Gasteiger partial charge in [-0.1, -0.05) is 48.2 Å². The SMILES string of the molecule is COc1ccccc1C#CC(O)c1ccc(CN(O)C(C)=O)cc1. The molecule has 0 aliphatic carbocycles. The highest BCUT2D eigenvalue weighted by atomic mass is 16.5. The predicted molar refractivity (Wildman–Crippen MR) is 89.3 cm³/mol. The van der Waals surface area contributed by atoms with Gasteiger partial charge in [0, 0.05) is 6.92 Å². The molecule has 0 saturated carbocycles. The van der Waals surface area contributed by atoms with Gasteiger partial charge in [0.2, 0.25) is 5.91 Å². The highest BCUT2D eigenvalue weighted by Gasteiger charge is 2.08. The summed E-state index contributed by atoms with van der Waals surface area (Å²) in [5, 5.41) is 20.2. The van der Waals surface area contributed by atoms with Crippen LogP contribution in [-0.4, -0.2) is 28.4 Å². The molecule has 2 aromatic carbocycles. The van der Waals surface area contributed by atoms with Gasteiger partial charge in [0.1, 0.15) is 11.9 Å². The average Bonchev–Trinajstić information content (AvgIpc) is 2.60. The Morgan fingerprint density at radius 3 is 2.50 bits per heavy atom. The number of methoxy groups -OCH3 is 1. The Hall–Kier alpha value is -2.81. The molecule has 0 saturated heterocycles. The molecule has 1 amide bonds. The van der Waals surface area contributed by atoms with Crippen molar-refractivity contribution in [2.75, 3.05) is 7.11 Å². The molecule has 5 nitrogen and oxygen atoms in total. The molecule has 0 aliphatic rings. The minimum atomic E-state index is -0.943. The number of rotatable bonds is 4. The number of para-hydroxylation sites is 1. The van der Waals surface area contributed by atoms with E-state index in [1.807, 2.05) is 18.2 Å². The van der Waals surface area contributed by atoms with Crippen molar-refractivity contribution >= 4 is 5.91 Å². The topological polar surface area (TPSA) is 70.0 Å². The van der Waals surface area contributed by atoms with Crippen molar-refractivity contribution in [1.29, 1.82) is 0 Å². The third-order valence-corrected chi connectivity index (χ3v) is 3.44. The van der Waals surface area contributed by atoms with E-state index in [-0.39, 0.29) is 6.54 Å². The van der Waals surface area contributed by atoms with E-state index in [4.69, 9.17) is 4.74 Å². The Bertz CT molecular complexity index is 759. The highest BCUT2D eigenvalue weighted by molar-refractivity contribution is 5.71. The standard InChI is InChI=1S/C19H19NO4/c1-14(21)20(23)13-15-7-9-16(10-8-15)18(22)12-11-17-5-3-4-6-19(17)24-2/h3-10,18,22-23H,13H2,1-2H3. The fraction of sp³-hybridized carbons (Fsp3) is 0.211. The summed E-state index contributed by atoms with van der Waals surface area (Å²) in [5.74, 6) is 5.91. The van der Waals surface area contributed by atoms with Gasteiger partial charge in [0.05, 0.1) is 19.2 Å². The van der Waals surface area contributed by atoms with Gasteiger partial charge < -0.3 is 9.84 Å². The van der Waals surface area contributed by atoms with Crippen molar-refractivity contribution in [3.05, 3.63) is 65.2 Å². The van der Waals surface area contributed by atoms with Crippen molar-refractivity contribution in [1.82, 2.24) is 5.06 Å². The predicted octanol–water partition coefficient (Wildman–Crippen LogP) is 2.52. The van der Waals surface area contributed by atoms with Gasteiger partial charge >= 0.3 is 0 Å². The minimum absolute atomic E-state index is 0.0958. The first-order chi connectivity index (χ1) is 11.5. The zero-order valence-corrected chi connectivity index (χ0v) is 13.6. The number of hydrogen-bond donors (Lipinski definition) is 2. The van der Waals surface area contributed by atoms with E-state index in [9.17, 15) is 15.1 Å². The molecule has 0 heterocycles. The number of hydrogen-bond acceptors (Lipinski definition) is 4. The lowest BCUT2D eigenvalue weighted by Gasteiger charge is -2.13. The van der Waals surface area contributed by atoms with E-state index in [0.717, 1.165) is 5.56 Å². The number of carbonyl (C=O) groups is 1. The average molecular weight is 325 g/mol. The van der Waals surface area contributed by atoms with E-state index in [2.05, 4.69) is 11.8 Å².